The fourth-order valence-electron chi connectivity index (χ4n) is 1.17. The van der Waals surface area contributed by atoms with E-state index in [1.807, 2.05) is 13.0 Å². The van der Waals surface area contributed by atoms with Gasteiger partial charge in [-0.15, -0.1) is 11.6 Å². The first-order valence-corrected chi connectivity index (χ1v) is 5.71. The molecule has 0 saturated heterocycles. The van der Waals surface area contributed by atoms with Crippen LogP contribution in [0.1, 0.15) is 19.4 Å². The van der Waals surface area contributed by atoms with Crippen LogP contribution in [0.3, 0.4) is 0 Å². The van der Waals surface area contributed by atoms with Gasteiger partial charge in [-0.05, 0) is 30.9 Å². The van der Waals surface area contributed by atoms with E-state index in [1.165, 1.54) is 10.0 Å². The van der Waals surface area contributed by atoms with Crippen LogP contribution >= 0.6 is 27.5 Å². The van der Waals surface area contributed by atoms with E-state index < -0.39 is 0 Å². The van der Waals surface area contributed by atoms with Gasteiger partial charge in [0, 0.05) is 9.85 Å². The third kappa shape index (κ3) is 3.32. The fraction of sp³-hybridized carbons (Fsp3) is 0.455. The summed E-state index contributed by atoms with van der Waals surface area (Å²) in [5.74, 6) is 0.514. The van der Waals surface area contributed by atoms with Gasteiger partial charge < -0.3 is 0 Å². The number of rotatable bonds is 3. The summed E-state index contributed by atoms with van der Waals surface area (Å²) in [6.07, 6.45) is 1.03. The third-order valence-electron chi connectivity index (χ3n) is 2.28. The first kappa shape index (κ1) is 11.1. The van der Waals surface area contributed by atoms with Crippen LogP contribution in [-0.4, -0.2) is 5.38 Å². The van der Waals surface area contributed by atoms with Gasteiger partial charge in [0.05, 0.1) is 0 Å². The summed E-state index contributed by atoms with van der Waals surface area (Å²) in [7, 11) is 0. The molecular formula is C11H14BrCl. The lowest BCUT2D eigenvalue weighted by atomic mass is 9.99. The van der Waals surface area contributed by atoms with Gasteiger partial charge in [0.15, 0.2) is 0 Å². The zero-order valence-corrected chi connectivity index (χ0v) is 10.3. The summed E-state index contributed by atoms with van der Waals surface area (Å²) in [5, 5.41) is 0.229. The number of halogens is 2. The summed E-state index contributed by atoms with van der Waals surface area (Å²) < 4.78 is 1.18. The zero-order valence-electron chi connectivity index (χ0n) is 7.93. The van der Waals surface area contributed by atoms with Gasteiger partial charge in [0.2, 0.25) is 0 Å². The van der Waals surface area contributed by atoms with Crippen LogP contribution in [-0.2, 0) is 6.42 Å². The quantitative estimate of drug-likeness (QED) is 0.714. The number of hydrogen-bond donors (Lipinski definition) is 0. The molecule has 0 aliphatic heterocycles. The van der Waals surface area contributed by atoms with Crippen LogP contribution in [0, 0.1) is 5.92 Å². The number of benzene rings is 1. The van der Waals surface area contributed by atoms with Crippen molar-refractivity contribution >= 4 is 27.5 Å². The van der Waals surface area contributed by atoms with E-state index in [0.717, 1.165) is 6.42 Å². The highest BCUT2D eigenvalue weighted by molar-refractivity contribution is 9.10. The first-order chi connectivity index (χ1) is 6.11. The Morgan fingerprint density at radius 2 is 1.92 bits per heavy atom. The van der Waals surface area contributed by atoms with E-state index in [9.17, 15) is 0 Å². The second kappa shape index (κ2) is 5.02. The molecule has 0 saturated carbocycles. The zero-order chi connectivity index (χ0) is 9.84. The van der Waals surface area contributed by atoms with Crippen molar-refractivity contribution in [3.63, 3.8) is 0 Å². The number of hydrogen-bond acceptors (Lipinski definition) is 0. The Morgan fingerprint density at radius 3 is 2.46 bits per heavy atom. The Hall–Kier alpha value is -0.0100. The molecule has 2 heteroatoms. The molecule has 72 valence electrons. The highest BCUT2D eigenvalue weighted by Crippen LogP contribution is 2.22. The molecule has 0 heterocycles. The summed E-state index contributed by atoms with van der Waals surface area (Å²) in [5.41, 5.74) is 1.34. The minimum Gasteiger partial charge on any atom is -0.123 e. The molecule has 0 aliphatic rings. The van der Waals surface area contributed by atoms with Gasteiger partial charge in [-0.25, -0.2) is 0 Å². The minimum absolute atomic E-state index is 0.229. The van der Waals surface area contributed by atoms with E-state index in [-0.39, 0.29) is 5.38 Å². The lowest BCUT2D eigenvalue weighted by Gasteiger charge is -2.14. The Balaban J connectivity index is 2.69. The maximum atomic E-state index is 6.02. The Bertz CT molecular complexity index is 271. The molecule has 0 aromatic heterocycles. The maximum absolute atomic E-state index is 6.02. The molecule has 0 spiro atoms. The molecule has 0 N–H and O–H groups in total. The van der Waals surface area contributed by atoms with Crippen molar-refractivity contribution in [3.05, 3.63) is 34.3 Å². The van der Waals surface area contributed by atoms with Crippen LogP contribution in [0.15, 0.2) is 28.7 Å². The molecule has 2 atom stereocenters. The average Bonchev–Trinajstić information content (AvgIpc) is 2.08. The Morgan fingerprint density at radius 1 is 1.31 bits per heavy atom. The molecule has 1 aromatic carbocycles. The molecule has 1 rings (SSSR count). The normalized spacial score (nSPS) is 15.4. The van der Waals surface area contributed by atoms with Crippen LogP contribution in [0.2, 0.25) is 0 Å². The Labute approximate surface area is 93.4 Å². The minimum atomic E-state index is 0.229. The average molecular weight is 262 g/mol. The molecule has 0 nitrogen and oxygen atoms in total. The lowest BCUT2D eigenvalue weighted by Crippen LogP contribution is -2.10. The molecular weight excluding hydrogens is 247 g/mol. The SMILES string of the molecule is CC(Cl)C(C)Cc1ccccc1Br. The van der Waals surface area contributed by atoms with E-state index in [0.29, 0.717) is 5.92 Å². The van der Waals surface area contributed by atoms with Gasteiger partial charge in [-0.1, -0.05) is 41.1 Å². The summed E-state index contributed by atoms with van der Waals surface area (Å²) >= 11 is 9.55. The predicted octanol–water partition coefficient (Wildman–Crippen LogP) is 4.26. The third-order valence-corrected chi connectivity index (χ3v) is 3.49. The van der Waals surface area contributed by atoms with Gasteiger partial charge in [0.1, 0.15) is 0 Å². The summed E-state index contributed by atoms with van der Waals surface area (Å²) in [6.45, 7) is 4.22. The van der Waals surface area contributed by atoms with Gasteiger partial charge in [-0.3, -0.25) is 0 Å². The number of alkyl halides is 1. The molecule has 1 aromatic rings. The van der Waals surface area contributed by atoms with Crippen molar-refractivity contribution in [1.82, 2.24) is 0 Å². The summed E-state index contributed by atoms with van der Waals surface area (Å²) in [4.78, 5) is 0. The summed E-state index contributed by atoms with van der Waals surface area (Å²) in [6, 6.07) is 8.30. The van der Waals surface area contributed by atoms with Crippen molar-refractivity contribution in [2.24, 2.45) is 5.92 Å². The first-order valence-electron chi connectivity index (χ1n) is 4.48. The maximum Gasteiger partial charge on any atom is 0.0336 e. The molecule has 13 heavy (non-hydrogen) atoms. The van der Waals surface area contributed by atoms with E-state index in [1.54, 1.807) is 0 Å². The van der Waals surface area contributed by atoms with Crippen LogP contribution in [0.25, 0.3) is 0 Å². The Kier molecular flexibility index (Phi) is 4.27. The highest BCUT2D eigenvalue weighted by Gasteiger charge is 2.10. The van der Waals surface area contributed by atoms with E-state index >= 15 is 0 Å². The van der Waals surface area contributed by atoms with Crippen molar-refractivity contribution < 1.29 is 0 Å². The van der Waals surface area contributed by atoms with Gasteiger partial charge in [0.25, 0.3) is 0 Å². The van der Waals surface area contributed by atoms with Crippen molar-refractivity contribution in [2.75, 3.05) is 0 Å². The molecule has 2 unspecified atom stereocenters. The highest BCUT2D eigenvalue weighted by atomic mass is 79.9. The predicted molar refractivity (Wildman–Crippen MR) is 62.3 cm³/mol. The molecule has 0 amide bonds. The van der Waals surface area contributed by atoms with Gasteiger partial charge >= 0.3 is 0 Å². The van der Waals surface area contributed by atoms with Crippen LogP contribution < -0.4 is 0 Å². The lowest BCUT2D eigenvalue weighted by molar-refractivity contribution is 0.567. The van der Waals surface area contributed by atoms with Gasteiger partial charge in [-0.2, -0.15) is 0 Å². The second-order valence-corrected chi connectivity index (χ2v) is 4.99. The van der Waals surface area contributed by atoms with Crippen molar-refractivity contribution in [3.8, 4) is 0 Å². The standard InChI is InChI=1S/C11H14BrCl/c1-8(9(2)13)7-10-5-3-4-6-11(10)12/h3-6,8-9H,7H2,1-2H3. The van der Waals surface area contributed by atoms with E-state index in [2.05, 4.69) is 41.1 Å². The topological polar surface area (TPSA) is 0 Å². The van der Waals surface area contributed by atoms with E-state index in [4.69, 9.17) is 11.6 Å². The monoisotopic (exact) mass is 260 g/mol. The second-order valence-electron chi connectivity index (χ2n) is 3.45. The van der Waals surface area contributed by atoms with Crippen LogP contribution in [0.4, 0.5) is 0 Å². The molecule has 0 fully saturated rings. The molecule has 0 aliphatic carbocycles. The van der Waals surface area contributed by atoms with Crippen molar-refractivity contribution in [2.45, 2.75) is 25.6 Å². The largest absolute Gasteiger partial charge is 0.123 e. The smallest absolute Gasteiger partial charge is 0.0336 e. The molecule has 0 radical (unpaired) electrons. The fourth-order valence-corrected chi connectivity index (χ4v) is 1.71. The van der Waals surface area contributed by atoms with Crippen molar-refractivity contribution in [1.29, 1.82) is 0 Å². The van der Waals surface area contributed by atoms with Crippen LogP contribution in [0.5, 0.6) is 0 Å². The molecule has 0 bridgehead atoms.